The molecule has 3 aliphatic rings. The number of likely N-dealkylation sites (tertiary alicyclic amines) is 1. The highest BCUT2D eigenvalue weighted by molar-refractivity contribution is 7.88. The third-order valence-electron chi connectivity index (χ3n) is 5.48. The van der Waals surface area contributed by atoms with E-state index < -0.39 is 10.0 Å². The number of rotatable bonds is 5. The molecule has 0 bridgehead atoms. The smallest absolute Gasteiger partial charge is 0.236 e. The van der Waals surface area contributed by atoms with Crippen molar-refractivity contribution >= 4 is 15.9 Å². The number of nitrogens with one attached hydrogen (secondary N) is 1. The van der Waals surface area contributed by atoms with E-state index in [-0.39, 0.29) is 17.9 Å². The summed E-state index contributed by atoms with van der Waals surface area (Å²) in [4.78, 5) is 19.1. The van der Waals surface area contributed by atoms with E-state index in [1.165, 1.54) is 6.26 Å². The summed E-state index contributed by atoms with van der Waals surface area (Å²) >= 11 is 0. The fourth-order valence-corrected chi connectivity index (χ4v) is 4.78. The summed E-state index contributed by atoms with van der Waals surface area (Å²) in [5.41, 5.74) is 0. The van der Waals surface area contributed by atoms with Crippen LogP contribution in [0.1, 0.15) is 19.3 Å². The molecule has 0 aromatic rings. The lowest BCUT2D eigenvalue weighted by molar-refractivity contribution is -0.131. The van der Waals surface area contributed by atoms with Crippen LogP contribution in [-0.4, -0.2) is 94.2 Å². The first kappa shape index (κ1) is 18.1. The lowest BCUT2D eigenvalue weighted by Gasteiger charge is -2.23. The highest BCUT2D eigenvalue weighted by Gasteiger charge is 2.44. The summed E-state index contributed by atoms with van der Waals surface area (Å²) in [6.07, 6.45) is 4.61. The van der Waals surface area contributed by atoms with Crippen molar-refractivity contribution in [1.82, 2.24) is 19.4 Å². The maximum Gasteiger partial charge on any atom is 0.236 e. The van der Waals surface area contributed by atoms with Crippen LogP contribution in [0.25, 0.3) is 0 Å². The topological polar surface area (TPSA) is 73.0 Å². The molecule has 0 spiro atoms. The van der Waals surface area contributed by atoms with Gasteiger partial charge in [0, 0.05) is 32.2 Å². The Labute approximate surface area is 145 Å². The second-order valence-corrected chi connectivity index (χ2v) is 9.51. The number of carbonyl (C=O) groups is 1. The summed E-state index contributed by atoms with van der Waals surface area (Å²) in [5, 5.41) is 0. The Morgan fingerprint density at radius 2 is 1.88 bits per heavy atom. The average molecular weight is 359 g/mol. The first-order valence-corrected chi connectivity index (χ1v) is 10.9. The van der Waals surface area contributed by atoms with Gasteiger partial charge >= 0.3 is 0 Å². The van der Waals surface area contributed by atoms with Gasteiger partial charge in [-0.05, 0) is 51.2 Å². The largest absolute Gasteiger partial charge is 0.340 e. The molecule has 1 saturated carbocycles. The second kappa shape index (κ2) is 7.27. The van der Waals surface area contributed by atoms with Crippen molar-refractivity contribution in [2.45, 2.75) is 25.3 Å². The normalized spacial score (nSPS) is 30.5. The first-order valence-electron chi connectivity index (χ1n) is 8.98. The number of hydrogen-bond donors (Lipinski definition) is 1. The van der Waals surface area contributed by atoms with Crippen LogP contribution in [0.15, 0.2) is 0 Å². The first-order chi connectivity index (χ1) is 11.3. The molecule has 24 heavy (non-hydrogen) atoms. The van der Waals surface area contributed by atoms with Gasteiger partial charge in [0.05, 0.1) is 12.8 Å². The van der Waals surface area contributed by atoms with Crippen LogP contribution in [0, 0.1) is 11.8 Å². The molecule has 1 N–H and O–H groups in total. The van der Waals surface area contributed by atoms with Crippen molar-refractivity contribution in [1.29, 1.82) is 0 Å². The number of sulfonamides is 1. The van der Waals surface area contributed by atoms with E-state index in [4.69, 9.17) is 0 Å². The molecule has 2 unspecified atom stereocenters. The van der Waals surface area contributed by atoms with Gasteiger partial charge in [0.1, 0.15) is 0 Å². The number of hydrogen-bond acceptors (Lipinski definition) is 5. The van der Waals surface area contributed by atoms with Crippen LogP contribution in [0.4, 0.5) is 0 Å². The Bertz CT molecular complexity index is 564. The van der Waals surface area contributed by atoms with Crippen molar-refractivity contribution in [2.75, 3.05) is 59.1 Å². The molecule has 2 atom stereocenters. The molecule has 7 nitrogen and oxygen atoms in total. The van der Waals surface area contributed by atoms with E-state index in [1.54, 1.807) is 0 Å². The summed E-state index contributed by atoms with van der Waals surface area (Å²) in [5.74, 6) is 0.996. The van der Waals surface area contributed by atoms with Gasteiger partial charge < -0.3 is 9.80 Å². The maximum atomic E-state index is 12.7. The minimum Gasteiger partial charge on any atom is -0.340 e. The molecular weight excluding hydrogens is 328 g/mol. The molecule has 138 valence electrons. The third-order valence-corrected chi connectivity index (χ3v) is 6.21. The van der Waals surface area contributed by atoms with Crippen LogP contribution in [0.3, 0.4) is 0 Å². The van der Waals surface area contributed by atoms with E-state index in [2.05, 4.69) is 21.6 Å². The van der Waals surface area contributed by atoms with Gasteiger partial charge in [0.2, 0.25) is 15.9 Å². The highest BCUT2D eigenvalue weighted by atomic mass is 32.2. The average Bonchev–Trinajstić information content (AvgIpc) is 3.26. The van der Waals surface area contributed by atoms with Gasteiger partial charge in [-0.15, -0.1) is 0 Å². The number of nitrogens with zero attached hydrogens (tertiary/aromatic N) is 3. The third kappa shape index (κ3) is 4.91. The van der Waals surface area contributed by atoms with Gasteiger partial charge in [-0.2, -0.15) is 0 Å². The summed E-state index contributed by atoms with van der Waals surface area (Å²) in [6.45, 7) is 5.63. The minimum absolute atomic E-state index is 0.119. The summed E-state index contributed by atoms with van der Waals surface area (Å²) < 4.78 is 26.0. The molecule has 0 radical (unpaired) electrons. The molecule has 2 saturated heterocycles. The quantitative estimate of drug-likeness (QED) is 0.711. The Balaban J connectivity index is 1.57. The second-order valence-electron chi connectivity index (χ2n) is 7.73. The molecule has 8 heteroatoms. The minimum atomic E-state index is -3.24. The van der Waals surface area contributed by atoms with Crippen LogP contribution >= 0.6 is 0 Å². The lowest BCUT2D eigenvalue weighted by Crippen LogP contribution is -2.43. The fourth-order valence-electron chi connectivity index (χ4n) is 3.98. The van der Waals surface area contributed by atoms with E-state index in [1.807, 2.05) is 4.90 Å². The monoisotopic (exact) mass is 358 g/mol. The Hall–Kier alpha value is -0.700. The van der Waals surface area contributed by atoms with Gasteiger partial charge in [0.25, 0.3) is 0 Å². The predicted octanol–water partition coefficient (Wildman–Crippen LogP) is -0.590. The zero-order valence-corrected chi connectivity index (χ0v) is 15.6. The summed E-state index contributed by atoms with van der Waals surface area (Å²) in [7, 11) is -1.12. The van der Waals surface area contributed by atoms with E-state index in [0.29, 0.717) is 25.6 Å². The van der Waals surface area contributed by atoms with Gasteiger partial charge in [-0.25, -0.2) is 13.1 Å². The molecule has 1 aliphatic carbocycles. The van der Waals surface area contributed by atoms with Crippen molar-refractivity contribution < 1.29 is 13.2 Å². The summed E-state index contributed by atoms with van der Waals surface area (Å²) in [6, 6.07) is -0.119. The standard InChI is InChI=1S/C16H30N4O3S/c1-18-6-3-7-19(9-8-18)12-16(21)20-10-14(13-4-5-13)15(11-20)17-24(2,22)23/h13-15,17H,3-12H2,1-2H3. The van der Waals surface area contributed by atoms with Gasteiger partial charge in [-0.3, -0.25) is 9.69 Å². The molecule has 0 aromatic heterocycles. The Morgan fingerprint density at radius 3 is 2.54 bits per heavy atom. The van der Waals surface area contributed by atoms with Gasteiger partial charge in [0.15, 0.2) is 0 Å². The Kier molecular flexibility index (Phi) is 5.48. The molecule has 2 heterocycles. The lowest BCUT2D eigenvalue weighted by atomic mass is 9.99. The molecular formula is C16H30N4O3S. The zero-order chi connectivity index (χ0) is 17.3. The molecule has 1 amide bonds. The van der Waals surface area contributed by atoms with E-state index in [0.717, 1.165) is 45.4 Å². The van der Waals surface area contributed by atoms with Crippen molar-refractivity contribution in [3.63, 3.8) is 0 Å². The molecule has 3 fully saturated rings. The van der Waals surface area contributed by atoms with Crippen LogP contribution < -0.4 is 4.72 Å². The van der Waals surface area contributed by atoms with Gasteiger partial charge in [-0.1, -0.05) is 0 Å². The number of amides is 1. The SMILES string of the molecule is CN1CCCN(CC(=O)N2CC(NS(C)(=O)=O)C(C3CC3)C2)CC1. The fraction of sp³-hybridized carbons (Fsp3) is 0.938. The number of likely N-dealkylation sites (N-methyl/N-ethyl adjacent to an activating group) is 1. The zero-order valence-electron chi connectivity index (χ0n) is 14.8. The predicted molar refractivity (Wildman–Crippen MR) is 93.1 cm³/mol. The number of carbonyl (C=O) groups excluding carboxylic acids is 1. The van der Waals surface area contributed by atoms with Crippen LogP contribution in [-0.2, 0) is 14.8 Å². The van der Waals surface area contributed by atoms with Crippen molar-refractivity contribution in [3.05, 3.63) is 0 Å². The maximum absolute atomic E-state index is 12.7. The molecule has 2 aliphatic heterocycles. The van der Waals surface area contributed by atoms with Crippen molar-refractivity contribution in [2.24, 2.45) is 11.8 Å². The Morgan fingerprint density at radius 1 is 1.12 bits per heavy atom. The van der Waals surface area contributed by atoms with E-state index in [9.17, 15) is 13.2 Å². The molecule has 3 rings (SSSR count). The van der Waals surface area contributed by atoms with Crippen molar-refractivity contribution in [3.8, 4) is 0 Å². The highest BCUT2D eigenvalue weighted by Crippen LogP contribution is 2.41. The van der Waals surface area contributed by atoms with Crippen LogP contribution in [0.5, 0.6) is 0 Å². The molecule has 0 aromatic carbocycles. The van der Waals surface area contributed by atoms with E-state index >= 15 is 0 Å². The van der Waals surface area contributed by atoms with Crippen LogP contribution in [0.2, 0.25) is 0 Å².